The van der Waals surface area contributed by atoms with Crippen molar-refractivity contribution in [1.29, 1.82) is 0 Å². The highest BCUT2D eigenvalue weighted by Gasteiger charge is 2.23. The van der Waals surface area contributed by atoms with Crippen molar-refractivity contribution >= 4 is 38.9 Å². The van der Waals surface area contributed by atoms with Gasteiger partial charge >= 0.3 is 0 Å². The summed E-state index contributed by atoms with van der Waals surface area (Å²) in [5, 5.41) is 1.20. The van der Waals surface area contributed by atoms with E-state index >= 15 is 0 Å². The van der Waals surface area contributed by atoms with Crippen LogP contribution < -0.4 is 4.90 Å². The topological polar surface area (TPSA) is 49.6 Å². The Hall–Kier alpha value is -2.60. The molecule has 0 unspecified atom stereocenters. The molecule has 26 heavy (non-hydrogen) atoms. The molecule has 1 aliphatic heterocycles. The molecule has 2 aromatic heterocycles. The van der Waals surface area contributed by atoms with Crippen molar-refractivity contribution in [1.82, 2.24) is 9.27 Å². The molecule has 3 aromatic rings. The summed E-state index contributed by atoms with van der Waals surface area (Å²) in [6, 6.07) is 12.1. The standard InChI is InChI=1S/C20H21N3O2S/c1-14(17-8-7-15(2)25-17)13-19(24)22-9-11-23(12-10-22)20-16-5-3-4-6-18(16)26-21-20/h3-8,13H,9-12H2,1-2H3. The number of rotatable bonds is 3. The number of amides is 1. The van der Waals surface area contributed by atoms with Gasteiger partial charge in [0.25, 0.3) is 0 Å². The van der Waals surface area contributed by atoms with Crippen molar-refractivity contribution in [3.05, 3.63) is 54.0 Å². The quantitative estimate of drug-likeness (QED) is 0.658. The molecule has 6 heteroatoms. The second-order valence-corrected chi connectivity index (χ2v) is 7.36. The molecule has 4 rings (SSSR count). The maximum Gasteiger partial charge on any atom is 0.247 e. The van der Waals surface area contributed by atoms with Crippen LogP contribution in [0.5, 0.6) is 0 Å². The minimum absolute atomic E-state index is 0.0411. The van der Waals surface area contributed by atoms with Crippen molar-refractivity contribution in [2.24, 2.45) is 0 Å². The Balaban J connectivity index is 1.42. The summed E-state index contributed by atoms with van der Waals surface area (Å²) in [5.74, 6) is 2.68. The molecule has 134 valence electrons. The van der Waals surface area contributed by atoms with E-state index in [1.807, 2.05) is 43.0 Å². The van der Waals surface area contributed by atoms with Crippen LogP contribution in [0.1, 0.15) is 18.4 Å². The van der Waals surface area contributed by atoms with Crippen LogP contribution in [0.15, 0.2) is 46.9 Å². The van der Waals surface area contributed by atoms with Gasteiger partial charge in [0.05, 0.1) is 4.70 Å². The second-order valence-electron chi connectivity index (χ2n) is 6.55. The molecule has 0 saturated carbocycles. The summed E-state index contributed by atoms with van der Waals surface area (Å²) >= 11 is 1.53. The maximum absolute atomic E-state index is 12.6. The average Bonchev–Trinajstić information content (AvgIpc) is 3.28. The van der Waals surface area contributed by atoms with Crippen LogP contribution in [0.2, 0.25) is 0 Å². The third kappa shape index (κ3) is 3.24. The first-order valence-electron chi connectivity index (χ1n) is 8.75. The zero-order valence-corrected chi connectivity index (χ0v) is 15.8. The number of fused-ring (bicyclic) bond motifs is 1. The van der Waals surface area contributed by atoms with Gasteiger partial charge in [-0.1, -0.05) is 12.1 Å². The number of hydrogen-bond acceptors (Lipinski definition) is 5. The van der Waals surface area contributed by atoms with Crippen LogP contribution in [0.3, 0.4) is 0 Å². The van der Waals surface area contributed by atoms with Gasteiger partial charge in [-0.15, -0.1) is 0 Å². The predicted octanol–water partition coefficient (Wildman–Crippen LogP) is 3.95. The van der Waals surface area contributed by atoms with Gasteiger partial charge in [0.15, 0.2) is 0 Å². The fraction of sp³-hybridized carbons (Fsp3) is 0.300. The molecule has 5 nitrogen and oxygen atoms in total. The maximum atomic E-state index is 12.6. The van der Waals surface area contributed by atoms with E-state index in [0.717, 1.165) is 36.0 Å². The molecule has 0 bridgehead atoms. The van der Waals surface area contributed by atoms with E-state index in [4.69, 9.17) is 4.42 Å². The predicted molar refractivity (Wildman–Crippen MR) is 106 cm³/mol. The molecule has 0 spiro atoms. The summed E-state index contributed by atoms with van der Waals surface area (Å²) in [5.41, 5.74) is 0.857. The lowest BCUT2D eigenvalue weighted by atomic mass is 10.2. The number of nitrogens with zero attached hydrogens (tertiary/aromatic N) is 3. The Bertz CT molecular complexity index is 964. The Morgan fingerprint density at radius 3 is 2.65 bits per heavy atom. The Morgan fingerprint density at radius 1 is 1.15 bits per heavy atom. The Labute approximate surface area is 156 Å². The van der Waals surface area contributed by atoms with Crippen LogP contribution in [0, 0.1) is 6.92 Å². The molecule has 1 amide bonds. The first-order chi connectivity index (χ1) is 12.6. The number of carbonyl (C=O) groups excluding carboxylic acids is 1. The molecule has 1 fully saturated rings. The van der Waals surface area contributed by atoms with Crippen molar-refractivity contribution in [3.8, 4) is 0 Å². The molecule has 0 N–H and O–H groups in total. The van der Waals surface area contributed by atoms with E-state index < -0.39 is 0 Å². The lowest BCUT2D eigenvalue weighted by Gasteiger charge is -2.34. The van der Waals surface area contributed by atoms with E-state index in [1.165, 1.54) is 21.6 Å². The first kappa shape index (κ1) is 16.8. The molecule has 1 saturated heterocycles. The van der Waals surface area contributed by atoms with Crippen LogP contribution in [0.4, 0.5) is 5.82 Å². The van der Waals surface area contributed by atoms with Gasteiger partial charge in [-0.05, 0) is 55.2 Å². The van der Waals surface area contributed by atoms with Gasteiger partial charge < -0.3 is 14.2 Å². The van der Waals surface area contributed by atoms with Crippen molar-refractivity contribution in [3.63, 3.8) is 0 Å². The van der Waals surface area contributed by atoms with Crippen molar-refractivity contribution in [2.75, 3.05) is 31.1 Å². The number of piperazine rings is 1. The molecular formula is C20H21N3O2S. The average molecular weight is 367 g/mol. The number of aromatic nitrogens is 1. The first-order valence-corrected chi connectivity index (χ1v) is 9.52. The molecular weight excluding hydrogens is 346 g/mol. The second kappa shape index (κ2) is 6.96. The number of benzene rings is 1. The van der Waals surface area contributed by atoms with Gasteiger partial charge in [-0.3, -0.25) is 4.79 Å². The number of hydrogen-bond donors (Lipinski definition) is 0. The van der Waals surface area contributed by atoms with Crippen molar-refractivity contribution < 1.29 is 9.21 Å². The number of allylic oxidation sites excluding steroid dienone is 1. The zero-order chi connectivity index (χ0) is 18.1. The largest absolute Gasteiger partial charge is 0.462 e. The molecule has 1 aliphatic rings. The lowest BCUT2D eigenvalue weighted by molar-refractivity contribution is -0.126. The lowest BCUT2D eigenvalue weighted by Crippen LogP contribution is -2.48. The van der Waals surface area contributed by atoms with E-state index in [-0.39, 0.29) is 5.91 Å². The smallest absolute Gasteiger partial charge is 0.247 e. The minimum atomic E-state index is 0.0411. The van der Waals surface area contributed by atoms with Gasteiger partial charge in [0.2, 0.25) is 5.91 Å². The monoisotopic (exact) mass is 367 g/mol. The third-order valence-electron chi connectivity index (χ3n) is 4.72. The molecule has 3 heterocycles. The van der Waals surface area contributed by atoms with E-state index in [2.05, 4.69) is 21.4 Å². The van der Waals surface area contributed by atoms with Crippen molar-refractivity contribution in [2.45, 2.75) is 13.8 Å². The summed E-state index contributed by atoms with van der Waals surface area (Å²) < 4.78 is 11.4. The van der Waals surface area contributed by atoms with Gasteiger partial charge in [0, 0.05) is 37.6 Å². The summed E-state index contributed by atoms with van der Waals surface area (Å²) in [6.45, 7) is 6.81. The Kier molecular flexibility index (Phi) is 4.51. The minimum Gasteiger partial charge on any atom is -0.462 e. The highest BCUT2D eigenvalue weighted by molar-refractivity contribution is 7.13. The van der Waals surface area contributed by atoms with Gasteiger partial charge in [-0.2, -0.15) is 4.37 Å². The molecule has 0 aliphatic carbocycles. The fourth-order valence-electron chi connectivity index (χ4n) is 3.23. The van der Waals surface area contributed by atoms with E-state index in [1.54, 1.807) is 6.08 Å². The summed E-state index contributed by atoms with van der Waals surface area (Å²) in [7, 11) is 0. The highest BCUT2D eigenvalue weighted by Crippen LogP contribution is 2.29. The van der Waals surface area contributed by atoms with E-state index in [9.17, 15) is 4.79 Å². The third-order valence-corrected chi connectivity index (χ3v) is 5.54. The van der Waals surface area contributed by atoms with Crippen LogP contribution >= 0.6 is 11.5 Å². The van der Waals surface area contributed by atoms with Gasteiger partial charge in [-0.25, -0.2) is 0 Å². The Morgan fingerprint density at radius 2 is 1.92 bits per heavy atom. The van der Waals surface area contributed by atoms with Crippen LogP contribution in [-0.2, 0) is 4.79 Å². The molecule has 1 aromatic carbocycles. The number of furan rings is 1. The zero-order valence-electron chi connectivity index (χ0n) is 14.9. The normalized spacial score (nSPS) is 15.7. The van der Waals surface area contributed by atoms with Crippen LogP contribution in [0.25, 0.3) is 15.7 Å². The van der Waals surface area contributed by atoms with Gasteiger partial charge in [0.1, 0.15) is 17.3 Å². The van der Waals surface area contributed by atoms with Crippen LogP contribution in [-0.4, -0.2) is 41.4 Å². The number of carbonyl (C=O) groups is 1. The summed E-state index contributed by atoms with van der Waals surface area (Å²) in [6.07, 6.45) is 1.67. The highest BCUT2D eigenvalue weighted by atomic mass is 32.1. The number of aryl methyl sites for hydroxylation is 1. The van der Waals surface area contributed by atoms with E-state index in [0.29, 0.717) is 13.1 Å². The SMILES string of the molecule is CC(=CC(=O)N1CCN(c2nsc3ccccc23)CC1)c1ccc(C)o1. The molecule has 0 radical (unpaired) electrons. The fourth-order valence-corrected chi connectivity index (χ4v) is 4.03. The summed E-state index contributed by atoms with van der Waals surface area (Å²) in [4.78, 5) is 16.7. The molecule has 0 atom stereocenters. The number of anilines is 1.